The molecule has 0 spiro atoms. The van der Waals surface area contributed by atoms with Gasteiger partial charge >= 0.3 is 0 Å². The lowest BCUT2D eigenvalue weighted by atomic mass is 10.0. The first-order chi connectivity index (χ1) is 18.1. The van der Waals surface area contributed by atoms with Crippen LogP contribution in [0.1, 0.15) is 29.9 Å². The Morgan fingerprint density at radius 3 is 2.32 bits per heavy atom. The summed E-state index contributed by atoms with van der Waals surface area (Å²) in [7, 11) is 0. The first kappa shape index (κ1) is 24.3. The molecule has 0 fully saturated rings. The molecular weight excluding hydrogens is 458 g/mol. The van der Waals surface area contributed by atoms with Crippen LogP contribution < -0.4 is 10.1 Å². The third-order valence-electron chi connectivity index (χ3n) is 6.54. The third-order valence-corrected chi connectivity index (χ3v) is 6.54. The SMILES string of the molecule is Cc1ccccc1OCCn1c(C(C)NC(=O)Cc2ccc(-c3ccccc3)cc2)nc2ccccc21. The summed E-state index contributed by atoms with van der Waals surface area (Å²) in [5, 5.41) is 3.15. The van der Waals surface area contributed by atoms with Crippen molar-refractivity contribution in [3.05, 3.63) is 120 Å². The van der Waals surface area contributed by atoms with Gasteiger partial charge < -0.3 is 14.6 Å². The summed E-state index contributed by atoms with van der Waals surface area (Å²) in [6.45, 7) is 5.16. The molecule has 0 radical (unpaired) electrons. The number of nitrogens with one attached hydrogen (secondary N) is 1. The molecule has 0 saturated heterocycles. The second-order valence-corrected chi connectivity index (χ2v) is 9.25. The molecule has 186 valence electrons. The number of hydrogen-bond donors (Lipinski definition) is 1. The Kier molecular flexibility index (Phi) is 7.31. The molecule has 1 heterocycles. The van der Waals surface area contributed by atoms with E-state index in [9.17, 15) is 4.79 Å². The van der Waals surface area contributed by atoms with E-state index in [1.807, 2.05) is 86.6 Å². The quantitative estimate of drug-likeness (QED) is 0.257. The minimum atomic E-state index is -0.248. The number of carbonyl (C=O) groups excluding carboxylic acids is 1. The minimum Gasteiger partial charge on any atom is -0.491 e. The zero-order chi connectivity index (χ0) is 25.6. The highest BCUT2D eigenvalue weighted by Crippen LogP contribution is 2.23. The summed E-state index contributed by atoms with van der Waals surface area (Å²) in [6.07, 6.45) is 0.316. The highest BCUT2D eigenvalue weighted by atomic mass is 16.5. The maximum Gasteiger partial charge on any atom is 0.224 e. The molecule has 0 aliphatic heterocycles. The van der Waals surface area contributed by atoms with Crippen LogP contribution in [0.3, 0.4) is 0 Å². The predicted octanol–water partition coefficient (Wildman–Crippen LogP) is 6.51. The summed E-state index contributed by atoms with van der Waals surface area (Å²) in [5.41, 5.74) is 6.33. The number of nitrogens with zero attached hydrogens (tertiary/aromatic N) is 2. The fourth-order valence-corrected chi connectivity index (χ4v) is 4.61. The maximum absolute atomic E-state index is 12.9. The molecule has 5 rings (SSSR count). The van der Waals surface area contributed by atoms with E-state index in [4.69, 9.17) is 9.72 Å². The highest BCUT2D eigenvalue weighted by Gasteiger charge is 2.19. The van der Waals surface area contributed by atoms with Gasteiger partial charge in [0.1, 0.15) is 18.2 Å². The van der Waals surface area contributed by atoms with Gasteiger partial charge in [0, 0.05) is 0 Å². The van der Waals surface area contributed by atoms with Gasteiger partial charge in [-0.3, -0.25) is 4.79 Å². The minimum absolute atomic E-state index is 0.0327. The third kappa shape index (κ3) is 5.72. The maximum atomic E-state index is 12.9. The van der Waals surface area contributed by atoms with Crippen LogP contribution in [0.4, 0.5) is 0 Å². The van der Waals surface area contributed by atoms with E-state index < -0.39 is 0 Å². The highest BCUT2D eigenvalue weighted by molar-refractivity contribution is 5.80. The largest absolute Gasteiger partial charge is 0.491 e. The van der Waals surface area contributed by atoms with Gasteiger partial charge in [0.15, 0.2) is 0 Å². The summed E-state index contributed by atoms with van der Waals surface area (Å²) < 4.78 is 8.21. The van der Waals surface area contributed by atoms with E-state index >= 15 is 0 Å². The smallest absolute Gasteiger partial charge is 0.224 e. The van der Waals surface area contributed by atoms with Gasteiger partial charge in [-0.15, -0.1) is 0 Å². The standard InChI is InChI=1S/C32H31N3O2/c1-23-10-6-9-15-30(23)37-21-20-35-29-14-8-7-13-28(29)34-32(35)24(2)33-31(36)22-25-16-18-27(19-17-25)26-11-4-3-5-12-26/h3-19,24H,20-22H2,1-2H3,(H,33,36). The monoisotopic (exact) mass is 489 g/mol. The number of para-hydroxylation sites is 3. The molecule has 0 bridgehead atoms. The summed E-state index contributed by atoms with van der Waals surface area (Å²) in [5.74, 6) is 1.67. The van der Waals surface area contributed by atoms with Gasteiger partial charge in [-0.2, -0.15) is 0 Å². The fourth-order valence-electron chi connectivity index (χ4n) is 4.61. The lowest BCUT2D eigenvalue weighted by molar-refractivity contribution is -0.121. The molecule has 37 heavy (non-hydrogen) atoms. The first-order valence-electron chi connectivity index (χ1n) is 12.7. The summed E-state index contributed by atoms with van der Waals surface area (Å²) in [4.78, 5) is 17.8. The number of carbonyl (C=O) groups is 1. The Hall–Kier alpha value is -4.38. The molecule has 0 aliphatic carbocycles. The van der Waals surface area contributed by atoms with Gasteiger partial charge in [0.2, 0.25) is 5.91 Å². The van der Waals surface area contributed by atoms with Crippen molar-refractivity contribution in [2.24, 2.45) is 0 Å². The molecule has 4 aromatic carbocycles. The zero-order valence-corrected chi connectivity index (χ0v) is 21.2. The summed E-state index contributed by atoms with van der Waals surface area (Å²) in [6, 6.07) is 34.2. The fraction of sp³-hybridized carbons (Fsp3) is 0.188. The molecule has 0 saturated carbocycles. The molecule has 5 aromatic rings. The van der Waals surface area contributed by atoms with E-state index in [1.54, 1.807) is 0 Å². The van der Waals surface area contributed by atoms with Crippen molar-refractivity contribution in [3.8, 4) is 16.9 Å². The van der Waals surface area contributed by atoms with Crippen molar-refractivity contribution in [2.45, 2.75) is 32.9 Å². The van der Waals surface area contributed by atoms with E-state index in [1.165, 1.54) is 0 Å². The van der Waals surface area contributed by atoms with Crippen molar-refractivity contribution in [2.75, 3.05) is 6.61 Å². The topological polar surface area (TPSA) is 56.1 Å². The molecule has 1 amide bonds. The van der Waals surface area contributed by atoms with Crippen LogP contribution in [0.25, 0.3) is 22.2 Å². The Balaban J connectivity index is 1.26. The second-order valence-electron chi connectivity index (χ2n) is 9.25. The lowest BCUT2D eigenvalue weighted by Gasteiger charge is -2.17. The van der Waals surface area contributed by atoms with Crippen LogP contribution in [0.5, 0.6) is 5.75 Å². The van der Waals surface area contributed by atoms with E-state index in [2.05, 4.69) is 40.2 Å². The number of fused-ring (bicyclic) bond motifs is 1. The van der Waals surface area contributed by atoms with Crippen molar-refractivity contribution < 1.29 is 9.53 Å². The van der Waals surface area contributed by atoms with Crippen molar-refractivity contribution in [1.82, 2.24) is 14.9 Å². The average molecular weight is 490 g/mol. The average Bonchev–Trinajstić information content (AvgIpc) is 3.29. The van der Waals surface area contributed by atoms with Crippen LogP contribution >= 0.6 is 0 Å². The number of imidazole rings is 1. The van der Waals surface area contributed by atoms with Crippen molar-refractivity contribution in [1.29, 1.82) is 0 Å². The van der Waals surface area contributed by atoms with E-state index in [-0.39, 0.29) is 11.9 Å². The number of ether oxygens (including phenoxy) is 1. The number of benzene rings is 4. The molecule has 1 N–H and O–H groups in total. The molecule has 0 aliphatic rings. The van der Waals surface area contributed by atoms with Crippen LogP contribution in [-0.4, -0.2) is 22.1 Å². The van der Waals surface area contributed by atoms with Gasteiger partial charge in [0.05, 0.1) is 30.0 Å². The number of hydrogen-bond acceptors (Lipinski definition) is 3. The first-order valence-corrected chi connectivity index (χ1v) is 12.7. The van der Waals surface area contributed by atoms with E-state index in [0.717, 1.165) is 44.9 Å². The Labute approximate surface area is 217 Å². The van der Waals surface area contributed by atoms with Crippen molar-refractivity contribution in [3.63, 3.8) is 0 Å². The number of amides is 1. The molecule has 1 unspecified atom stereocenters. The zero-order valence-electron chi connectivity index (χ0n) is 21.2. The van der Waals surface area contributed by atoms with Crippen LogP contribution in [0.2, 0.25) is 0 Å². The van der Waals surface area contributed by atoms with Crippen molar-refractivity contribution >= 4 is 16.9 Å². The molecule has 1 aromatic heterocycles. The number of aromatic nitrogens is 2. The Morgan fingerprint density at radius 1 is 0.865 bits per heavy atom. The number of rotatable bonds is 9. The van der Waals surface area contributed by atoms with E-state index in [0.29, 0.717) is 19.6 Å². The normalized spacial score (nSPS) is 11.8. The second kappa shape index (κ2) is 11.1. The Morgan fingerprint density at radius 2 is 1.54 bits per heavy atom. The molecular formula is C32H31N3O2. The van der Waals surface area contributed by atoms with Crippen LogP contribution in [0, 0.1) is 6.92 Å². The van der Waals surface area contributed by atoms with Crippen LogP contribution in [0.15, 0.2) is 103 Å². The summed E-state index contributed by atoms with van der Waals surface area (Å²) >= 11 is 0. The van der Waals surface area contributed by atoms with Crippen LogP contribution in [-0.2, 0) is 17.8 Å². The predicted molar refractivity (Wildman–Crippen MR) is 149 cm³/mol. The van der Waals surface area contributed by atoms with Gasteiger partial charge in [-0.25, -0.2) is 4.98 Å². The van der Waals surface area contributed by atoms with Gasteiger partial charge in [-0.05, 0) is 54.3 Å². The lowest BCUT2D eigenvalue weighted by Crippen LogP contribution is -2.30. The Bertz CT molecular complexity index is 1490. The molecule has 1 atom stereocenters. The van der Waals surface area contributed by atoms with Gasteiger partial charge in [-0.1, -0.05) is 84.9 Å². The molecule has 5 heteroatoms. The molecule has 5 nitrogen and oxygen atoms in total. The van der Waals surface area contributed by atoms with Gasteiger partial charge in [0.25, 0.3) is 0 Å². The number of aryl methyl sites for hydroxylation is 1.